The predicted molar refractivity (Wildman–Crippen MR) is 55.1 cm³/mol. The molecule has 0 aliphatic heterocycles. The van der Waals surface area contributed by atoms with Crippen molar-refractivity contribution in [2.24, 2.45) is 17.6 Å². The van der Waals surface area contributed by atoms with E-state index < -0.39 is 0 Å². The second-order valence-electron chi connectivity index (χ2n) is 3.48. The maximum absolute atomic E-state index is 11.5. The fourth-order valence-electron chi connectivity index (χ4n) is 1.27. The minimum absolute atomic E-state index is 0.0126. The zero-order valence-corrected chi connectivity index (χ0v) is 8.76. The van der Waals surface area contributed by atoms with Crippen molar-refractivity contribution in [3.8, 4) is 11.8 Å². The fraction of sp³-hybridized carbons (Fsp3) is 0.727. The van der Waals surface area contributed by atoms with E-state index >= 15 is 0 Å². The quantitative estimate of drug-likeness (QED) is 0.654. The van der Waals surface area contributed by atoms with Crippen LogP contribution in [0.4, 0.5) is 0 Å². The largest absolute Gasteiger partial charge is 0.330 e. The molecular weight excluding hydrogens is 162 g/mol. The van der Waals surface area contributed by atoms with Crippen LogP contribution in [-0.2, 0) is 4.79 Å². The topological polar surface area (TPSA) is 43.1 Å². The molecule has 0 bridgehead atoms. The van der Waals surface area contributed by atoms with Crippen LogP contribution in [0, 0.1) is 23.7 Å². The summed E-state index contributed by atoms with van der Waals surface area (Å²) < 4.78 is 0. The molecule has 0 saturated carbocycles. The van der Waals surface area contributed by atoms with Crippen molar-refractivity contribution in [3.63, 3.8) is 0 Å². The zero-order chi connectivity index (χ0) is 10.3. The van der Waals surface area contributed by atoms with Crippen LogP contribution < -0.4 is 5.73 Å². The molecule has 0 heterocycles. The average molecular weight is 181 g/mol. The summed E-state index contributed by atoms with van der Waals surface area (Å²) in [7, 11) is 0. The van der Waals surface area contributed by atoms with Crippen molar-refractivity contribution >= 4 is 5.78 Å². The Hall–Kier alpha value is -0.810. The van der Waals surface area contributed by atoms with Crippen molar-refractivity contribution < 1.29 is 4.79 Å². The number of ketones is 1. The molecule has 0 aromatic rings. The Morgan fingerprint density at radius 1 is 1.46 bits per heavy atom. The van der Waals surface area contributed by atoms with E-state index in [1.165, 1.54) is 0 Å². The minimum Gasteiger partial charge on any atom is -0.330 e. The summed E-state index contributed by atoms with van der Waals surface area (Å²) in [5.74, 6) is 6.26. The molecule has 2 nitrogen and oxygen atoms in total. The van der Waals surface area contributed by atoms with Crippen molar-refractivity contribution in [1.29, 1.82) is 0 Å². The number of nitrogens with two attached hydrogens (primary N) is 1. The first kappa shape index (κ1) is 12.2. The van der Waals surface area contributed by atoms with E-state index in [1.54, 1.807) is 6.92 Å². The van der Waals surface area contributed by atoms with Crippen LogP contribution in [0.5, 0.6) is 0 Å². The van der Waals surface area contributed by atoms with Gasteiger partial charge < -0.3 is 5.73 Å². The van der Waals surface area contributed by atoms with Gasteiger partial charge in [-0.05, 0) is 12.8 Å². The molecule has 0 spiro atoms. The number of hydrogen-bond donors (Lipinski definition) is 1. The number of carbonyl (C=O) groups is 1. The molecule has 0 fully saturated rings. The highest BCUT2D eigenvalue weighted by Gasteiger charge is 2.19. The molecule has 13 heavy (non-hydrogen) atoms. The molecule has 0 aromatic carbocycles. The number of hydrogen-bond acceptors (Lipinski definition) is 2. The predicted octanol–water partition coefficient (Wildman–Crippen LogP) is 1.59. The lowest BCUT2D eigenvalue weighted by Crippen LogP contribution is -2.28. The summed E-state index contributed by atoms with van der Waals surface area (Å²) in [6, 6.07) is 0. The van der Waals surface area contributed by atoms with Gasteiger partial charge in [-0.15, -0.1) is 11.8 Å². The Balaban J connectivity index is 3.96. The van der Waals surface area contributed by atoms with Gasteiger partial charge in [-0.25, -0.2) is 0 Å². The molecule has 2 heteroatoms. The molecule has 74 valence electrons. The van der Waals surface area contributed by atoms with Crippen LogP contribution in [0.2, 0.25) is 0 Å². The molecule has 0 amide bonds. The van der Waals surface area contributed by atoms with Gasteiger partial charge in [-0.1, -0.05) is 13.8 Å². The van der Waals surface area contributed by atoms with Gasteiger partial charge >= 0.3 is 0 Å². The third-order valence-electron chi connectivity index (χ3n) is 2.15. The van der Waals surface area contributed by atoms with E-state index in [0.29, 0.717) is 25.3 Å². The Morgan fingerprint density at radius 3 is 2.46 bits per heavy atom. The van der Waals surface area contributed by atoms with Gasteiger partial charge in [0.25, 0.3) is 0 Å². The highest BCUT2D eigenvalue weighted by atomic mass is 16.1. The van der Waals surface area contributed by atoms with E-state index in [0.717, 1.165) is 0 Å². The molecule has 2 N–H and O–H groups in total. The summed E-state index contributed by atoms with van der Waals surface area (Å²) >= 11 is 0. The number of Topliss-reactive ketones (excluding diaryl/α,β-unsaturated/α-hetero) is 1. The third-order valence-corrected chi connectivity index (χ3v) is 2.15. The first-order valence-electron chi connectivity index (χ1n) is 4.75. The summed E-state index contributed by atoms with van der Waals surface area (Å²) in [6.07, 6.45) is 1.21. The average Bonchev–Trinajstić information content (AvgIpc) is 2.05. The van der Waals surface area contributed by atoms with E-state index in [9.17, 15) is 4.79 Å². The Bertz CT molecular complexity index is 210. The second kappa shape index (κ2) is 6.68. The maximum Gasteiger partial charge on any atom is 0.138 e. The summed E-state index contributed by atoms with van der Waals surface area (Å²) in [4.78, 5) is 11.5. The first-order chi connectivity index (χ1) is 6.13. The summed E-state index contributed by atoms with van der Waals surface area (Å²) in [5, 5.41) is 0. The van der Waals surface area contributed by atoms with Crippen LogP contribution in [0.25, 0.3) is 0 Å². The molecule has 0 aromatic heterocycles. The van der Waals surface area contributed by atoms with Crippen molar-refractivity contribution in [2.75, 3.05) is 6.54 Å². The minimum atomic E-state index is 0.0126. The SMILES string of the molecule is CC#CCCC(=O)C(CN)C(C)C. The van der Waals surface area contributed by atoms with E-state index in [1.807, 2.05) is 13.8 Å². The Kier molecular flexibility index (Phi) is 6.26. The monoisotopic (exact) mass is 181 g/mol. The van der Waals surface area contributed by atoms with Gasteiger partial charge in [-0.3, -0.25) is 4.79 Å². The van der Waals surface area contributed by atoms with Crippen molar-refractivity contribution in [2.45, 2.75) is 33.6 Å². The van der Waals surface area contributed by atoms with Gasteiger partial charge in [0.05, 0.1) is 0 Å². The van der Waals surface area contributed by atoms with E-state index in [-0.39, 0.29) is 11.7 Å². The standard InChI is InChI=1S/C11H19NO/c1-4-5-6-7-11(13)10(8-12)9(2)3/h9-10H,6-8,12H2,1-3H3. The normalized spacial score (nSPS) is 12.1. The molecule has 1 atom stereocenters. The van der Waals surface area contributed by atoms with E-state index in [2.05, 4.69) is 11.8 Å². The van der Waals surface area contributed by atoms with Crippen molar-refractivity contribution in [3.05, 3.63) is 0 Å². The molecule has 0 rings (SSSR count). The van der Waals surface area contributed by atoms with Crippen LogP contribution in [0.1, 0.15) is 33.6 Å². The molecule has 0 radical (unpaired) electrons. The smallest absolute Gasteiger partial charge is 0.138 e. The number of carbonyl (C=O) groups excluding carboxylic acids is 1. The molecule has 0 aliphatic rings. The van der Waals surface area contributed by atoms with Gasteiger partial charge in [0, 0.05) is 25.3 Å². The maximum atomic E-state index is 11.5. The lowest BCUT2D eigenvalue weighted by atomic mass is 9.89. The van der Waals surface area contributed by atoms with Crippen LogP contribution in [0.3, 0.4) is 0 Å². The van der Waals surface area contributed by atoms with Crippen LogP contribution >= 0.6 is 0 Å². The highest BCUT2D eigenvalue weighted by molar-refractivity contribution is 5.81. The van der Waals surface area contributed by atoms with Crippen molar-refractivity contribution in [1.82, 2.24) is 0 Å². The van der Waals surface area contributed by atoms with Crippen LogP contribution in [0.15, 0.2) is 0 Å². The molecule has 0 aliphatic carbocycles. The molecule has 0 saturated heterocycles. The first-order valence-corrected chi connectivity index (χ1v) is 4.75. The van der Waals surface area contributed by atoms with Gasteiger partial charge in [0.1, 0.15) is 5.78 Å². The zero-order valence-electron chi connectivity index (χ0n) is 8.76. The second-order valence-corrected chi connectivity index (χ2v) is 3.48. The number of rotatable bonds is 5. The van der Waals surface area contributed by atoms with Crippen LogP contribution in [-0.4, -0.2) is 12.3 Å². The molecule has 1 unspecified atom stereocenters. The lowest BCUT2D eigenvalue weighted by Gasteiger charge is -2.16. The Morgan fingerprint density at radius 2 is 2.08 bits per heavy atom. The van der Waals surface area contributed by atoms with E-state index in [4.69, 9.17) is 5.73 Å². The van der Waals surface area contributed by atoms with Gasteiger partial charge in [0.15, 0.2) is 0 Å². The Labute approximate surface area is 80.9 Å². The lowest BCUT2D eigenvalue weighted by molar-refractivity contribution is -0.123. The van der Waals surface area contributed by atoms with Gasteiger partial charge in [-0.2, -0.15) is 0 Å². The highest BCUT2D eigenvalue weighted by Crippen LogP contribution is 2.12. The third kappa shape index (κ3) is 4.69. The molecular formula is C11H19NO. The summed E-state index contributed by atoms with van der Waals surface area (Å²) in [6.45, 7) is 6.30. The van der Waals surface area contributed by atoms with Gasteiger partial charge in [0.2, 0.25) is 0 Å². The fourth-order valence-corrected chi connectivity index (χ4v) is 1.27. The summed E-state index contributed by atoms with van der Waals surface area (Å²) in [5.41, 5.74) is 5.52.